The second-order valence-electron chi connectivity index (χ2n) is 7.42. The third-order valence-corrected chi connectivity index (χ3v) is 5.23. The summed E-state index contributed by atoms with van der Waals surface area (Å²) < 4.78 is 0. The van der Waals surface area contributed by atoms with Crippen molar-refractivity contribution < 1.29 is 4.79 Å². The van der Waals surface area contributed by atoms with E-state index in [0.29, 0.717) is 23.6 Å². The zero-order valence-electron chi connectivity index (χ0n) is 16.7. The Morgan fingerprint density at radius 2 is 1.48 bits per heavy atom. The molecule has 0 aliphatic heterocycles. The molecular weight excluding hydrogens is 378 g/mol. The average Bonchev–Trinajstić information content (AvgIpc) is 2.74. The lowest BCUT2D eigenvalue weighted by Crippen LogP contribution is -2.26. The van der Waals surface area contributed by atoms with E-state index in [4.69, 9.17) is 11.6 Å². The molecule has 2 nitrogen and oxygen atoms in total. The van der Waals surface area contributed by atoms with E-state index in [9.17, 15) is 4.79 Å². The van der Waals surface area contributed by atoms with Gasteiger partial charge in [-0.25, -0.2) is 0 Å². The summed E-state index contributed by atoms with van der Waals surface area (Å²) in [4.78, 5) is 15.5. The van der Waals surface area contributed by atoms with Gasteiger partial charge < -0.3 is 0 Å². The largest absolute Gasteiger partial charge is 0.298 e. The molecule has 0 aliphatic carbocycles. The van der Waals surface area contributed by atoms with Gasteiger partial charge in [-0.15, -0.1) is 0 Å². The second kappa shape index (κ2) is 10.2. The molecule has 1 atom stereocenters. The predicted molar refractivity (Wildman–Crippen MR) is 121 cm³/mol. The third kappa shape index (κ3) is 6.15. The average molecular weight is 404 g/mol. The van der Waals surface area contributed by atoms with E-state index in [2.05, 4.69) is 23.6 Å². The van der Waals surface area contributed by atoms with Crippen LogP contribution in [0.1, 0.15) is 22.6 Å². The van der Waals surface area contributed by atoms with E-state index >= 15 is 0 Å². The SMILES string of the molecule is C=C(CN(C)Cc1ccccc1)C(=O)C(Cc1ccc(Cl)cc1)c1ccccc1. The first kappa shape index (κ1) is 21.0. The molecule has 0 amide bonds. The highest BCUT2D eigenvalue weighted by molar-refractivity contribution is 6.30. The van der Waals surface area contributed by atoms with E-state index in [0.717, 1.165) is 17.7 Å². The number of benzene rings is 3. The first-order chi connectivity index (χ1) is 14.0. The molecule has 29 heavy (non-hydrogen) atoms. The van der Waals surface area contributed by atoms with E-state index < -0.39 is 0 Å². The quantitative estimate of drug-likeness (QED) is 0.413. The van der Waals surface area contributed by atoms with Crippen molar-refractivity contribution in [2.75, 3.05) is 13.6 Å². The van der Waals surface area contributed by atoms with Crippen molar-refractivity contribution in [3.63, 3.8) is 0 Å². The number of Topliss-reactive ketones (excluding diaryl/α,β-unsaturated/α-hetero) is 1. The van der Waals surface area contributed by atoms with Gasteiger partial charge in [0.2, 0.25) is 0 Å². The number of carbonyl (C=O) groups excluding carboxylic acids is 1. The first-order valence-electron chi connectivity index (χ1n) is 9.77. The molecular formula is C26H26ClNO. The molecule has 0 radical (unpaired) electrons. The second-order valence-corrected chi connectivity index (χ2v) is 7.86. The smallest absolute Gasteiger partial charge is 0.167 e. The van der Waals surface area contributed by atoms with Gasteiger partial charge in [-0.2, -0.15) is 0 Å². The molecule has 0 saturated heterocycles. The zero-order chi connectivity index (χ0) is 20.6. The van der Waals surface area contributed by atoms with E-state index in [1.54, 1.807) is 0 Å². The van der Waals surface area contributed by atoms with Crippen LogP contribution in [0.5, 0.6) is 0 Å². The van der Waals surface area contributed by atoms with Gasteiger partial charge in [0.1, 0.15) is 0 Å². The van der Waals surface area contributed by atoms with E-state index in [1.807, 2.05) is 79.8 Å². The number of likely N-dealkylation sites (N-methyl/N-ethyl adjacent to an activating group) is 1. The summed E-state index contributed by atoms with van der Waals surface area (Å²) in [5, 5.41) is 0.697. The van der Waals surface area contributed by atoms with Crippen LogP contribution in [-0.4, -0.2) is 24.3 Å². The monoisotopic (exact) mass is 403 g/mol. The van der Waals surface area contributed by atoms with Crippen LogP contribution in [0, 0.1) is 0 Å². The van der Waals surface area contributed by atoms with Gasteiger partial charge in [-0.3, -0.25) is 9.69 Å². The Hall–Kier alpha value is -2.68. The summed E-state index contributed by atoms with van der Waals surface area (Å²) in [5.74, 6) is -0.166. The topological polar surface area (TPSA) is 20.3 Å². The summed E-state index contributed by atoms with van der Waals surface area (Å²) in [7, 11) is 2.02. The van der Waals surface area contributed by atoms with Crippen LogP contribution >= 0.6 is 11.6 Å². The Balaban J connectivity index is 1.73. The number of carbonyl (C=O) groups is 1. The number of nitrogens with zero attached hydrogens (tertiary/aromatic N) is 1. The molecule has 1 unspecified atom stereocenters. The lowest BCUT2D eigenvalue weighted by Gasteiger charge is -2.22. The van der Waals surface area contributed by atoms with Crippen molar-refractivity contribution in [3.8, 4) is 0 Å². The Morgan fingerprint density at radius 3 is 2.10 bits per heavy atom. The zero-order valence-corrected chi connectivity index (χ0v) is 17.5. The highest BCUT2D eigenvalue weighted by Gasteiger charge is 2.24. The molecule has 0 N–H and O–H groups in total. The summed E-state index contributed by atoms with van der Waals surface area (Å²) in [5.41, 5.74) is 3.95. The van der Waals surface area contributed by atoms with Gasteiger partial charge in [0.15, 0.2) is 5.78 Å². The highest BCUT2D eigenvalue weighted by atomic mass is 35.5. The van der Waals surface area contributed by atoms with Crippen LogP contribution in [0.25, 0.3) is 0 Å². The van der Waals surface area contributed by atoms with E-state index in [1.165, 1.54) is 5.56 Å². The first-order valence-corrected chi connectivity index (χ1v) is 10.1. The standard InChI is InChI=1S/C26H26ClNO/c1-20(18-28(2)19-22-9-5-3-6-10-22)26(29)25(23-11-7-4-8-12-23)17-21-13-15-24(27)16-14-21/h3-16,25H,1,17-19H2,2H3. The fraction of sp³-hybridized carbons (Fsp3) is 0.192. The van der Waals surface area contributed by atoms with Crippen molar-refractivity contribution in [1.29, 1.82) is 0 Å². The third-order valence-electron chi connectivity index (χ3n) is 4.98. The molecule has 3 aromatic rings. The molecule has 0 bridgehead atoms. The minimum atomic E-state index is -0.255. The summed E-state index contributed by atoms with van der Waals surface area (Å²) >= 11 is 6.02. The molecule has 0 spiro atoms. The highest BCUT2D eigenvalue weighted by Crippen LogP contribution is 2.25. The maximum absolute atomic E-state index is 13.4. The van der Waals surface area contributed by atoms with Crippen molar-refractivity contribution in [2.24, 2.45) is 0 Å². The van der Waals surface area contributed by atoms with Crippen LogP contribution in [0.2, 0.25) is 5.02 Å². The Labute approximate surface area is 178 Å². The number of hydrogen-bond donors (Lipinski definition) is 0. The van der Waals surface area contributed by atoms with Crippen molar-refractivity contribution in [2.45, 2.75) is 18.9 Å². The lowest BCUT2D eigenvalue weighted by molar-refractivity contribution is -0.117. The molecule has 3 aromatic carbocycles. The maximum atomic E-state index is 13.4. The molecule has 0 fully saturated rings. The van der Waals surface area contributed by atoms with Gasteiger partial charge >= 0.3 is 0 Å². The van der Waals surface area contributed by atoms with Crippen LogP contribution in [0.3, 0.4) is 0 Å². The van der Waals surface area contributed by atoms with E-state index in [-0.39, 0.29) is 11.7 Å². The molecule has 0 aliphatic rings. The van der Waals surface area contributed by atoms with Crippen molar-refractivity contribution in [3.05, 3.63) is 119 Å². The summed E-state index contributed by atoms with van der Waals surface area (Å²) in [6.07, 6.45) is 0.626. The van der Waals surface area contributed by atoms with Gasteiger partial charge in [0.25, 0.3) is 0 Å². The minimum absolute atomic E-state index is 0.0889. The Kier molecular flexibility index (Phi) is 7.40. The van der Waals surface area contributed by atoms with Gasteiger partial charge in [0, 0.05) is 23.7 Å². The fourth-order valence-corrected chi connectivity index (χ4v) is 3.63. The number of hydrogen-bond acceptors (Lipinski definition) is 2. The van der Waals surface area contributed by atoms with Crippen LogP contribution in [-0.2, 0) is 17.8 Å². The van der Waals surface area contributed by atoms with Gasteiger partial charge in [-0.1, -0.05) is 91.0 Å². The number of ketones is 1. The Bertz CT molecular complexity index is 935. The fourth-order valence-electron chi connectivity index (χ4n) is 3.50. The molecule has 3 heteroatoms. The van der Waals surface area contributed by atoms with Crippen molar-refractivity contribution in [1.82, 2.24) is 4.90 Å². The minimum Gasteiger partial charge on any atom is -0.298 e. The number of halogens is 1. The van der Waals surface area contributed by atoms with Crippen LogP contribution in [0.4, 0.5) is 0 Å². The Morgan fingerprint density at radius 1 is 0.897 bits per heavy atom. The maximum Gasteiger partial charge on any atom is 0.167 e. The van der Waals surface area contributed by atoms with Crippen molar-refractivity contribution >= 4 is 17.4 Å². The normalized spacial score (nSPS) is 12.0. The number of rotatable bonds is 9. The molecule has 148 valence electrons. The predicted octanol–water partition coefficient (Wildman–Crippen LogP) is 5.92. The van der Waals surface area contributed by atoms with Crippen LogP contribution in [0.15, 0.2) is 97.1 Å². The van der Waals surface area contributed by atoms with Gasteiger partial charge in [0.05, 0.1) is 5.92 Å². The molecule has 0 aromatic heterocycles. The molecule has 0 saturated carbocycles. The molecule has 0 heterocycles. The molecule has 3 rings (SSSR count). The van der Waals surface area contributed by atoms with Crippen LogP contribution < -0.4 is 0 Å². The van der Waals surface area contributed by atoms with Gasteiger partial charge in [-0.05, 0) is 42.3 Å². The summed E-state index contributed by atoms with van der Waals surface area (Å²) in [6.45, 7) is 5.44. The lowest BCUT2D eigenvalue weighted by atomic mass is 9.85. The summed E-state index contributed by atoms with van der Waals surface area (Å²) in [6, 6.07) is 27.9.